The minimum atomic E-state index is 0.498. The maximum Gasteiger partial charge on any atom is 0.159 e. The Morgan fingerprint density at radius 1 is 1.03 bits per heavy atom. The van der Waals surface area contributed by atoms with Crippen molar-refractivity contribution in [3.05, 3.63) is 60.0 Å². The number of H-pyrrole nitrogens is 2. The van der Waals surface area contributed by atoms with Crippen molar-refractivity contribution < 1.29 is 9.47 Å². The molecule has 0 bridgehead atoms. The van der Waals surface area contributed by atoms with Gasteiger partial charge in [-0.05, 0) is 23.8 Å². The first-order chi connectivity index (χ1) is 16.3. The van der Waals surface area contributed by atoms with Crippen LogP contribution in [0.2, 0.25) is 0 Å². The lowest BCUT2D eigenvalue weighted by Gasteiger charge is -2.07. The van der Waals surface area contributed by atoms with Gasteiger partial charge in [0.2, 0.25) is 0 Å². The molecule has 33 heavy (non-hydrogen) atoms. The SMILES string of the molecule is COCCNCc1cncc(-c2cnc3[nH]nc(-c4nc5c(COC)cccc5[nH]4)c3c2)c1. The number of benzene rings is 1. The van der Waals surface area contributed by atoms with Crippen LogP contribution in [0.15, 0.2) is 48.9 Å². The third kappa shape index (κ3) is 4.34. The molecule has 0 amide bonds. The van der Waals surface area contributed by atoms with Crippen molar-refractivity contribution in [2.45, 2.75) is 13.2 Å². The van der Waals surface area contributed by atoms with Gasteiger partial charge in [-0.2, -0.15) is 5.10 Å². The Morgan fingerprint density at radius 2 is 1.94 bits per heavy atom. The first kappa shape index (κ1) is 21.2. The van der Waals surface area contributed by atoms with Crippen molar-refractivity contribution in [2.75, 3.05) is 27.4 Å². The van der Waals surface area contributed by atoms with Gasteiger partial charge < -0.3 is 19.8 Å². The quantitative estimate of drug-likeness (QED) is 0.299. The molecule has 4 heterocycles. The summed E-state index contributed by atoms with van der Waals surface area (Å²) in [7, 11) is 3.38. The molecular weight excluding hydrogens is 418 g/mol. The predicted molar refractivity (Wildman–Crippen MR) is 127 cm³/mol. The van der Waals surface area contributed by atoms with Crippen LogP contribution in [-0.4, -0.2) is 57.5 Å². The average Bonchev–Trinajstić information content (AvgIpc) is 3.46. The number of methoxy groups -OCH3 is 2. The van der Waals surface area contributed by atoms with Crippen LogP contribution in [0.1, 0.15) is 11.1 Å². The van der Waals surface area contributed by atoms with Gasteiger partial charge in [-0.15, -0.1) is 0 Å². The van der Waals surface area contributed by atoms with E-state index in [-0.39, 0.29) is 0 Å². The average molecular weight is 444 g/mol. The Morgan fingerprint density at radius 3 is 2.82 bits per heavy atom. The Hall–Kier alpha value is -3.66. The van der Waals surface area contributed by atoms with Crippen LogP contribution >= 0.6 is 0 Å². The van der Waals surface area contributed by atoms with Gasteiger partial charge in [0.1, 0.15) is 5.69 Å². The lowest BCUT2D eigenvalue weighted by atomic mass is 10.1. The molecule has 0 fully saturated rings. The zero-order chi connectivity index (χ0) is 22.6. The van der Waals surface area contributed by atoms with Crippen molar-refractivity contribution in [3.8, 4) is 22.6 Å². The number of rotatable bonds is 9. The van der Waals surface area contributed by atoms with E-state index in [1.54, 1.807) is 14.2 Å². The van der Waals surface area contributed by atoms with E-state index >= 15 is 0 Å². The van der Waals surface area contributed by atoms with Crippen LogP contribution in [0.25, 0.3) is 44.7 Å². The first-order valence-electron chi connectivity index (χ1n) is 10.7. The van der Waals surface area contributed by atoms with Gasteiger partial charge in [-0.3, -0.25) is 10.1 Å². The molecule has 168 valence electrons. The minimum Gasteiger partial charge on any atom is -0.383 e. The fraction of sp³-hybridized carbons (Fsp3) is 0.250. The number of hydrogen-bond donors (Lipinski definition) is 3. The number of aromatic nitrogens is 6. The summed E-state index contributed by atoms with van der Waals surface area (Å²) >= 11 is 0. The molecule has 9 heteroatoms. The summed E-state index contributed by atoms with van der Waals surface area (Å²) in [6.45, 7) is 2.68. The highest BCUT2D eigenvalue weighted by Crippen LogP contribution is 2.30. The summed E-state index contributed by atoms with van der Waals surface area (Å²) in [5.41, 5.74) is 7.34. The van der Waals surface area contributed by atoms with Crippen molar-refractivity contribution in [2.24, 2.45) is 0 Å². The molecule has 0 saturated carbocycles. The highest BCUT2D eigenvalue weighted by molar-refractivity contribution is 5.93. The molecule has 0 unspecified atom stereocenters. The number of imidazole rings is 1. The number of para-hydroxylation sites is 1. The molecule has 5 aromatic rings. The van der Waals surface area contributed by atoms with Crippen molar-refractivity contribution in [3.63, 3.8) is 0 Å². The van der Waals surface area contributed by atoms with Gasteiger partial charge in [0, 0.05) is 62.6 Å². The summed E-state index contributed by atoms with van der Waals surface area (Å²) in [6, 6.07) is 10.2. The number of ether oxygens (including phenoxy) is 2. The Labute approximate surface area is 190 Å². The van der Waals surface area contributed by atoms with Crippen molar-refractivity contribution in [1.82, 2.24) is 35.5 Å². The maximum absolute atomic E-state index is 5.31. The van der Waals surface area contributed by atoms with E-state index in [1.165, 1.54) is 0 Å². The van der Waals surface area contributed by atoms with Crippen LogP contribution in [0.4, 0.5) is 0 Å². The third-order valence-corrected chi connectivity index (χ3v) is 5.48. The van der Waals surface area contributed by atoms with Gasteiger partial charge in [0.15, 0.2) is 11.5 Å². The molecule has 0 aliphatic rings. The number of fused-ring (bicyclic) bond motifs is 2. The minimum absolute atomic E-state index is 0.498. The van der Waals surface area contributed by atoms with E-state index < -0.39 is 0 Å². The Bertz CT molecular complexity index is 1390. The van der Waals surface area contributed by atoms with Crippen LogP contribution in [0.3, 0.4) is 0 Å². The van der Waals surface area contributed by atoms with Crippen molar-refractivity contribution in [1.29, 1.82) is 0 Å². The molecule has 0 aliphatic carbocycles. The Balaban J connectivity index is 1.49. The second-order valence-corrected chi connectivity index (χ2v) is 7.78. The van der Waals surface area contributed by atoms with Gasteiger partial charge in [0.05, 0.1) is 29.6 Å². The molecule has 5 rings (SSSR count). The number of nitrogens with one attached hydrogen (secondary N) is 3. The first-order valence-corrected chi connectivity index (χ1v) is 10.7. The Kier molecular flexibility index (Phi) is 6.07. The summed E-state index contributed by atoms with van der Waals surface area (Å²) in [5.74, 6) is 0.688. The highest BCUT2D eigenvalue weighted by Gasteiger charge is 2.16. The molecule has 4 aromatic heterocycles. The summed E-state index contributed by atoms with van der Waals surface area (Å²) in [5, 5.41) is 11.8. The van der Waals surface area contributed by atoms with E-state index in [4.69, 9.17) is 14.5 Å². The highest BCUT2D eigenvalue weighted by atomic mass is 16.5. The standard InChI is InChI=1S/C24H25N7O2/c1-32-7-6-25-10-15-8-17(12-26-11-15)18-9-19-22(30-31-23(19)27-13-18)24-28-20-5-3-4-16(14-33-2)21(20)29-24/h3-5,8-9,11-13,25H,6-7,10,14H2,1-2H3,(H,28,29)(H,27,30,31). The van der Waals surface area contributed by atoms with Gasteiger partial charge in [-0.25, -0.2) is 9.97 Å². The fourth-order valence-electron chi connectivity index (χ4n) is 3.87. The molecule has 0 aliphatic heterocycles. The van der Waals surface area contributed by atoms with E-state index in [0.29, 0.717) is 24.7 Å². The van der Waals surface area contributed by atoms with Gasteiger partial charge >= 0.3 is 0 Å². The fourth-order valence-corrected chi connectivity index (χ4v) is 3.87. The summed E-state index contributed by atoms with van der Waals surface area (Å²) in [6.07, 6.45) is 5.54. The molecule has 9 nitrogen and oxygen atoms in total. The van der Waals surface area contributed by atoms with E-state index in [9.17, 15) is 0 Å². The number of hydrogen-bond acceptors (Lipinski definition) is 7. The maximum atomic E-state index is 5.31. The molecular formula is C24H25N7O2. The summed E-state index contributed by atoms with van der Waals surface area (Å²) < 4.78 is 10.4. The molecule has 0 radical (unpaired) electrons. The van der Waals surface area contributed by atoms with Gasteiger partial charge in [-0.1, -0.05) is 12.1 Å². The van der Waals surface area contributed by atoms with Crippen LogP contribution in [0, 0.1) is 0 Å². The van der Waals surface area contributed by atoms with E-state index in [2.05, 4.69) is 42.6 Å². The van der Waals surface area contributed by atoms with Gasteiger partial charge in [0.25, 0.3) is 0 Å². The van der Waals surface area contributed by atoms with E-state index in [0.717, 1.165) is 57.5 Å². The predicted octanol–water partition coefficient (Wildman–Crippen LogP) is 3.45. The third-order valence-electron chi connectivity index (χ3n) is 5.48. The zero-order valence-electron chi connectivity index (χ0n) is 18.6. The monoisotopic (exact) mass is 443 g/mol. The molecule has 1 aromatic carbocycles. The molecule has 0 saturated heterocycles. The van der Waals surface area contributed by atoms with Crippen molar-refractivity contribution >= 4 is 22.1 Å². The number of pyridine rings is 2. The van der Waals surface area contributed by atoms with Crippen LogP contribution in [-0.2, 0) is 22.6 Å². The molecule has 3 N–H and O–H groups in total. The molecule has 0 spiro atoms. The molecule has 0 atom stereocenters. The zero-order valence-corrected chi connectivity index (χ0v) is 18.6. The van der Waals surface area contributed by atoms with Crippen LogP contribution in [0.5, 0.6) is 0 Å². The largest absolute Gasteiger partial charge is 0.383 e. The lowest BCUT2D eigenvalue weighted by molar-refractivity contribution is 0.186. The second-order valence-electron chi connectivity index (χ2n) is 7.78. The van der Waals surface area contributed by atoms with Crippen LogP contribution < -0.4 is 5.32 Å². The lowest BCUT2D eigenvalue weighted by Crippen LogP contribution is -2.18. The topological polar surface area (TPSA) is 114 Å². The number of aromatic amines is 2. The smallest absolute Gasteiger partial charge is 0.159 e. The normalized spacial score (nSPS) is 11.6. The van der Waals surface area contributed by atoms with E-state index in [1.807, 2.05) is 36.8 Å². The summed E-state index contributed by atoms with van der Waals surface area (Å²) in [4.78, 5) is 17.2. The number of nitrogens with zero attached hydrogens (tertiary/aromatic N) is 4. The second kappa shape index (κ2) is 9.45.